The SMILES string of the molecule is CC(C)CNCc1cncn1C(C)CC1CC1. The minimum absolute atomic E-state index is 0.598. The molecule has 1 aromatic heterocycles. The third kappa shape index (κ3) is 3.84. The number of nitrogens with one attached hydrogen (secondary N) is 1. The molecule has 17 heavy (non-hydrogen) atoms. The van der Waals surface area contributed by atoms with Crippen LogP contribution in [0.1, 0.15) is 51.8 Å². The molecule has 0 aromatic carbocycles. The highest BCUT2D eigenvalue weighted by Crippen LogP contribution is 2.36. The summed E-state index contributed by atoms with van der Waals surface area (Å²) in [6, 6.07) is 0.598. The minimum atomic E-state index is 0.598. The quantitative estimate of drug-likeness (QED) is 0.787. The summed E-state index contributed by atoms with van der Waals surface area (Å²) in [6.07, 6.45) is 8.16. The molecule has 0 saturated heterocycles. The van der Waals surface area contributed by atoms with Crippen LogP contribution in [0.15, 0.2) is 12.5 Å². The number of rotatable bonds is 7. The molecule has 0 amide bonds. The number of aromatic nitrogens is 2. The second-order valence-corrected chi connectivity index (χ2v) is 5.85. The zero-order valence-corrected chi connectivity index (χ0v) is 11.3. The van der Waals surface area contributed by atoms with E-state index in [9.17, 15) is 0 Å². The number of nitrogens with zero attached hydrogens (tertiary/aromatic N) is 2. The summed E-state index contributed by atoms with van der Waals surface area (Å²) in [7, 11) is 0. The first kappa shape index (κ1) is 12.6. The Kier molecular flexibility index (Phi) is 4.21. The molecule has 1 aliphatic rings. The van der Waals surface area contributed by atoms with E-state index in [0.29, 0.717) is 12.0 Å². The van der Waals surface area contributed by atoms with Crippen molar-refractivity contribution in [2.75, 3.05) is 6.54 Å². The molecule has 2 rings (SSSR count). The van der Waals surface area contributed by atoms with Gasteiger partial charge in [-0.05, 0) is 31.7 Å². The fraction of sp³-hybridized carbons (Fsp3) is 0.786. The highest BCUT2D eigenvalue weighted by atomic mass is 15.1. The summed E-state index contributed by atoms with van der Waals surface area (Å²) in [6.45, 7) is 8.79. The van der Waals surface area contributed by atoms with Gasteiger partial charge in [0.2, 0.25) is 0 Å². The summed E-state index contributed by atoms with van der Waals surface area (Å²) in [4.78, 5) is 4.29. The van der Waals surface area contributed by atoms with Crippen molar-refractivity contribution >= 4 is 0 Å². The van der Waals surface area contributed by atoms with E-state index < -0.39 is 0 Å². The molecule has 1 saturated carbocycles. The van der Waals surface area contributed by atoms with E-state index >= 15 is 0 Å². The Morgan fingerprint density at radius 1 is 1.41 bits per heavy atom. The first-order valence-electron chi connectivity index (χ1n) is 6.88. The maximum atomic E-state index is 4.29. The van der Waals surface area contributed by atoms with Crippen molar-refractivity contribution in [3.8, 4) is 0 Å². The fourth-order valence-electron chi connectivity index (χ4n) is 2.30. The van der Waals surface area contributed by atoms with Gasteiger partial charge in [-0.25, -0.2) is 4.98 Å². The van der Waals surface area contributed by atoms with Gasteiger partial charge in [-0.2, -0.15) is 0 Å². The summed E-state index contributed by atoms with van der Waals surface area (Å²) < 4.78 is 2.34. The first-order chi connectivity index (χ1) is 8.16. The third-order valence-corrected chi connectivity index (χ3v) is 3.45. The molecule has 3 nitrogen and oxygen atoms in total. The van der Waals surface area contributed by atoms with Gasteiger partial charge in [-0.15, -0.1) is 0 Å². The van der Waals surface area contributed by atoms with Gasteiger partial charge in [-0.3, -0.25) is 0 Å². The van der Waals surface area contributed by atoms with Crippen LogP contribution in [0.4, 0.5) is 0 Å². The fourth-order valence-corrected chi connectivity index (χ4v) is 2.30. The Bertz CT molecular complexity index is 339. The van der Waals surface area contributed by atoms with Crippen LogP contribution in [0.3, 0.4) is 0 Å². The van der Waals surface area contributed by atoms with Crippen molar-refractivity contribution in [1.29, 1.82) is 0 Å². The van der Waals surface area contributed by atoms with Gasteiger partial charge in [0.05, 0.1) is 12.0 Å². The first-order valence-corrected chi connectivity index (χ1v) is 6.88. The van der Waals surface area contributed by atoms with Crippen molar-refractivity contribution in [2.24, 2.45) is 11.8 Å². The van der Waals surface area contributed by atoms with Gasteiger partial charge >= 0.3 is 0 Å². The average molecular weight is 235 g/mol. The lowest BCUT2D eigenvalue weighted by Gasteiger charge is -2.17. The Balaban J connectivity index is 1.86. The van der Waals surface area contributed by atoms with E-state index in [1.54, 1.807) is 0 Å². The van der Waals surface area contributed by atoms with E-state index in [1.807, 2.05) is 12.5 Å². The molecular weight excluding hydrogens is 210 g/mol. The van der Waals surface area contributed by atoms with Crippen molar-refractivity contribution in [2.45, 2.75) is 52.6 Å². The maximum Gasteiger partial charge on any atom is 0.0951 e. The monoisotopic (exact) mass is 235 g/mol. The molecular formula is C14H25N3. The molecule has 3 heteroatoms. The standard InChI is InChI=1S/C14H25N3/c1-11(2)7-15-8-14-9-16-10-17(14)12(3)6-13-4-5-13/h9-13,15H,4-8H2,1-3H3. The topological polar surface area (TPSA) is 29.9 Å². The smallest absolute Gasteiger partial charge is 0.0951 e. The molecule has 0 radical (unpaired) electrons. The predicted molar refractivity (Wildman–Crippen MR) is 70.8 cm³/mol. The molecule has 0 spiro atoms. The Morgan fingerprint density at radius 3 is 2.82 bits per heavy atom. The molecule has 1 unspecified atom stereocenters. The number of hydrogen-bond donors (Lipinski definition) is 1. The van der Waals surface area contributed by atoms with Crippen LogP contribution in [0.2, 0.25) is 0 Å². The summed E-state index contributed by atoms with van der Waals surface area (Å²) in [5.41, 5.74) is 1.32. The van der Waals surface area contributed by atoms with Gasteiger partial charge < -0.3 is 9.88 Å². The summed E-state index contributed by atoms with van der Waals surface area (Å²) >= 11 is 0. The van der Waals surface area contributed by atoms with E-state index in [-0.39, 0.29) is 0 Å². The molecule has 1 N–H and O–H groups in total. The third-order valence-electron chi connectivity index (χ3n) is 3.45. The van der Waals surface area contributed by atoms with Gasteiger partial charge in [0.1, 0.15) is 0 Å². The number of imidazole rings is 1. The number of hydrogen-bond acceptors (Lipinski definition) is 2. The maximum absolute atomic E-state index is 4.29. The van der Waals surface area contributed by atoms with Crippen molar-refractivity contribution in [3.05, 3.63) is 18.2 Å². The van der Waals surface area contributed by atoms with E-state index in [4.69, 9.17) is 0 Å². The van der Waals surface area contributed by atoms with Crippen LogP contribution < -0.4 is 5.32 Å². The van der Waals surface area contributed by atoms with E-state index in [1.165, 1.54) is 25.0 Å². The lowest BCUT2D eigenvalue weighted by atomic mass is 10.1. The molecule has 96 valence electrons. The molecule has 1 heterocycles. The normalized spacial score (nSPS) is 17.6. The van der Waals surface area contributed by atoms with Crippen LogP contribution in [0.25, 0.3) is 0 Å². The average Bonchev–Trinajstić information content (AvgIpc) is 2.94. The molecule has 1 aliphatic carbocycles. The Hall–Kier alpha value is -0.830. The van der Waals surface area contributed by atoms with Gasteiger partial charge in [-0.1, -0.05) is 26.7 Å². The highest BCUT2D eigenvalue weighted by molar-refractivity contribution is 5.00. The van der Waals surface area contributed by atoms with Crippen LogP contribution in [-0.2, 0) is 6.54 Å². The van der Waals surface area contributed by atoms with Gasteiger partial charge in [0.25, 0.3) is 0 Å². The second kappa shape index (κ2) is 5.67. The largest absolute Gasteiger partial charge is 0.331 e. The Morgan fingerprint density at radius 2 is 2.18 bits per heavy atom. The van der Waals surface area contributed by atoms with Crippen LogP contribution in [0, 0.1) is 11.8 Å². The van der Waals surface area contributed by atoms with Crippen LogP contribution in [-0.4, -0.2) is 16.1 Å². The zero-order chi connectivity index (χ0) is 12.3. The van der Waals surface area contributed by atoms with Gasteiger partial charge in [0, 0.05) is 18.8 Å². The molecule has 1 fully saturated rings. The lowest BCUT2D eigenvalue weighted by Crippen LogP contribution is -2.21. The zero-order valence-electron chi connectivity index (χ0n) is 11.3. The Labute approximate surface area is 105 Å². The van der Waals surface area contributed by atoms with Crippen LogP contribution in [0.5, 0.6) is 0 Å². The lowest BCUT2D eigenvalue weighted by molar-refractivity contribution is 0.452. The van der Waals surface area contributed by atoms with Crippen LogP contribution >= 0.6 is 0 Å². The van der Waals surface area contributed by atoms with E-state index in [0.717, 1.165) is 19.0 Å². The van der Waals surface area contributed by atoms with Crippen molar-refractivity contribution in [1.82, 2.24) is 14.9 Å². The molecule has 0 bridgehead atoms. The minimum Gasteiger partial charge on any atom is -0.331 e. The molecule has 0 aliphatic heterocycles. The molecule has 1 aromatic rings. The summed E-state index contributed by atoms with van der Waals surface area (Å²) in [5.74, 6) is 1.68. The van der Waals surface area contributed by atoms with Crippen molar-refractivity contribution in [3.63, 3.8) is 0 Å². The van der Waals surface area contributed by atoms with Crippen molar-refractivity contribution < 1.29 is 0 Å². The molecule has 1 atom stereocenters. The predicted octanol–water partition coefficient (Wildman–Crippen LogP) is 2.99. The summed E-state index contributed by atoms with van der Waals surface area (Å²) in [5, 5.41) is 3.49. The van der Waals surface area contributed by atoms with Gasteiger partial charge in [0.15, 0.2) is 0 Å². The van der Waals surface area contributed by atoms with E-state index in [2.05, 4.69) is 35.6 Å². The second-order valence-electron chi connectivity index (χ2n) is 5.85. The highest BCUT2D eigenvalue weighted by Gasteiger charge is 2.24.